The summed E-state index contributed by atoms with van der Waals surface area (Å²) in [5.74, 6) is 0. The van der Waals surface area contributed by atoms with E-state index in [0.717, 1.165) is 10.8 Å². The molecule has 1 aliphatic carbocycles. The number of benzene rings is 2. The molecule has 2 aromatic rings. The Balaban J connectivity index is 2.53. The van der Waals surface area contributed by atoms with Gasteiger partial charge in [0.25, 0.3) is 0 Å². The first-order valence-electron chi connectivity index (χ1n) is 4.80. The van der Waals surface area contributed by atoms with E-state index in [-0.39, 0.29) is 11.4 Å². The van der Waals surface area contributed by atoms with Gasteiger partial charge >= 0.3 is 0 Å². The molecule has 0 amide bonds. The van der Waals surface area contributed by atoms with Gasteiger partial charge in [-0.2, -0.15) is 0 Å². The third kappa shape index (κ3) is 0.930. The van der Waals surface area contributed by atoms with Gasteiger partial charge in [0.2, 0.25) is 0 Å². The molecule has 4 heteroatoms. The molecule has 0 aliphatic heterocycles. The van der Waals surface area contributed by atoms with Gasteiger partial charge in [0.15, 0.2) is 0 Å². The monoisotopic (exact) mass is 210 g/mol. The molecule has 0 atom stereocenters. The van der Waals surface area contributed by atoms with E-state index in [0.29, 0.717) is 11.1 Å². The molecule has 0 saturated carbocycles. The smallest absolute Gasteiger partial charge is 0.0854 e. The SMILES string of the molecule is [O-]/N=C1\C(=N\[O-])c2cccc3cccc1c23. The number of nitrogens with zero attached hydrogens (tertiary/aromatic N) is 2. The molecule has 2 aromatic carbocycles. The largest absolute Gasteiger partial charge is 0.791 e. The van der Waals surface area contributed by atoms with Crippen molar-refractivity contribution in [2.75, 3.05) is 0 Å². The fourth-order valence-electron chi connectivity index (χ4n) is 2.18. The predicted octanol–water partition coefficient (Wildman–Crippen LogP) is 2.43. The summed E-state index contributed by atoms with van der Waals surface area (Å²) < 4.78 is 0. The van der Waals surface area contributed by atoms with Crippen molar-refractivity contribution >= 4 is 22.2 Å². The van der Waals surface area contributed by atoms with Gasteiger partial charge in [-0.15, -0.1) is 0 Å². The normalized spacial score (nSPS) is 18.8. The summed E-state index contributed by atoms with van der Waals surface area (Å²) in [5, 5.41) is 29.3. The molecule has 16 heavy (non-hydrogen) atoms. The van der Waals surface area contributed by atoms with E-state index >= 15 is 0 Å². The van der Waals surface area contributed by atoms with E-state index in [1.807, 2.05) is 24.3 Å². The molecule has 78 valence electrons. The molecule has 0 N–H and O–H groups in total. The van der Waals surface area contributed by atoms with Crippen molar-refractivity contribution in [1.82, 2.24) is 0 Å². The van der Waals surface area contributed by atoms with Gasteiger partial charge in [-0.25, -0.2) is 0 Å². The average molecular weight is 210 g/mol. The van der Waals surface area contributed by atoms with E-state index in [2.05, 4.69) is 10.3 Å². The fraction of sp³-hybridized carbons (Fsp3) is 0. The molecule has 1 aliphatic rings. The van der Waals surface area contributed by atoms with Gasteiger partial charge in [-0.1, -0.05) is 36.4 Å². The minimum Gasteiger partial charge on any atom is -0.791 e. The minimum atomic E-state index is 0.141. The number of hydrogen-bond donors (Lipinski definition) is 0. The highest BCUT2D eigenvalue weighted by Crippen LogP contribution is 2.31. The van der Waals surface area contributed by atoms with E-state index in [1.165, 1.54) is 0 Å². The molecule has 0 saturated heterocycles. The molecule has 0 spiro atoms. The van der Waals surface area contributed by atoms with Crippen LogP contribution in [0.2, 0.25) is 0 Å². The standard InChI is InChI=1S/C12H8N2O2/c15-13-11-8-5-1-3-7-4-2-6-9(10(7)8)12(11)14-16/h1-6,15-16H/p-2/b13-11-,14-12+. The highest BCUT2D eigenvalue weighted by Gasteiger charge is 2.24. The van der Waals surface area contributed by atoms with Crippen LogP contribution in [0.4, 0.5) is 0 Å². The van der Waals surface area contributed by atoms with Crippen LogP contribution < -0.4 is 0 Å². The van der Waals surface area contributed by atoms with E-state index in [9.17, 15) is 10.4 Å². The van der Waals surface area contributed by atoms with Crippen molar-refractivity contribution in [3.8, 4) is 0 Å². The summed E-state index contributed by atoms with van der Waals surface area (Å²) in [5.41, 5.74) is 1.67. The van der Waals surface area contributed by atoms with Gasteiger partial charge in [-0.05, 0) is 5.39 Å². The summed E-state index contributed by atoms with van der Waals surface area (Å²) in [7, 11) is 0. The Morgan fingerprint density at radius 3 is 1.69 bits per heavy atom. The summed E-state index contributed by atoms with van der Waals surface area (Å²) in [6.07, 6.45) is 0. The van der Waals surface area contributed by atoms with Crippen molar-refractivity contribution in [2.45, 2.75) is 0 Å². The molecule has 0 aromatic heterocycles. The second-order valence-electron chi connectivity index (χ2n) is 3.59. The lowest BCUT2D eigenvalue weighted by Gasteiger charge is -2.05. The molecule has 0 radical (unpaired) electrons. The number of hydrogen-bond acceptors (Lipinski definition) is 4. The summed E-state index contributed by atoms with van der Waals surface area (Å²) in [6, 6.07) is 11.1. The third-order valence-corrected chi connectivity index (χ3v) is 2.82. The van der Waals surface area contributed by atoms with E-state index in [4.69, 9.17) is 0 Å². The van der Waals surface area contributed by atoms with Gasteiger partial charge in [0, 0.05) is 16.5 Å². The van der Waals surface area contributed by atoms with Gasteiger partial charge < -0.3 is 20.7 Å². The maximum Gasteiger partial charge on any atom is 0.0854 e. The summed E-state index contributed by atoms with van der Waals surface area (Å²) in [4.78, 5) is 0. The van der Waals surface area contributed by atoms with Crippen LogP contribution in [0.25, 0.3) is 10.8 Å². The van der Waals surface area contributed by atoms with Crippen molar-refractivity contribution in [3.63, 3.8) is 0 Å². The first-order valence-corrected chi connectivity index (χ1v) is 4.80. The van der Waals surface area contributed by atoms with Crippen molar-refractivity contribution in [2.24, 2.45) is 10.3 Å². The molecule has 3 rings (SSSR count). The predicted molar refractivity (Wildman–Crippen MR) is 63.8 cm³/mol. The van der Waals surface area contributed by atoms with Crippen LogP contribution in [-0.4, -0.2) is 11.4 Å². The summed E-state index contributed by atoms with van der Waals surface area (Å²) in [6.45, 7) is 0. The molecule has 0 fully saturated rings. The lowest BCUT2D eigenvalue weighted by Crippen LogP contribution is -2.09. The maximum absolute atomic E-state index is 10.8. The zero-order valence-corrected chi connectivity index (χ0v) is 8.18. The average Bonchev–Trinajstić information content (AvgIpc) is 2.65. The first kappa shape index (κ1) is 8.91. The van der Waals surface area contributed by atoms with Crippen molar-refractivity contribution in [3.05, 3.63) is 57.9 Å². The quantitative estimate of drug-likeness (QED) is 0.626. The van der Waals surface area contributed by atoms with Crippen LogP contribution in [0.3, 0.4) is 0 Å². The molecule has 0 heterocycles. The molecular weight excluding hydrogens is 204 g/mol. The van der Waals surface area contributed by atoms with Crippen molar-refractivity contribution in [1.29, 1.82) is 0 Å². The minimum absolute atomic E-state index is 0.141. The lowest BCUT2D eigenvalue weighted by atomic mass is 10.1. The van der Waals surface area contributed by atoms with Crippen LogP contribution in [-0.2, 0) is 0 Å². The second kappa shape index (κ2) is 3.06. The Kier molecular flexibility index (Phi) is 1.71. The zero-order chi connectivity index (χ0) is 11.1. The maximum atomic E-state index is 10.8. The Morgan fingerprint density at radius 1 is 0.750 bits per heavy atom. The van der Waals surface area contributed by atoms with E-state index in [1.54, 1.807) is 12.1 Å². The zero-order valence-electron chi connectivity index (χ0n) is 8.18. The van der Waals surface area contributed by atoms with Gasteiger partial charge in [-0.3, -0.25) is 0 Å². The molecule has 0 bridgehead atoms. The van der Waals surface area contributed by atoms with Crippen LogP contribution in [0.5, 0.6) is 0 Å². The molecule has 4 nitrogen and oxygen atoms in total. The fourth-order valence-corrected chi connectivity index (χ4v) is 2.18. The van der Waals surface area contributed by atoms with Crippen LogP contribution in [0, 0.1) is 10.4 Å². The topological polar surface area (TPSA) is 70.8 Å². The highest BCUT2D eigenvalue weighted by atomic mass is 16.4. The van der Waals surface area contributed by atoms with Crippen molar-refractivity contribution < 1.29 is 0 Å². The lowest BCUT2D eigenvalue weighted by molar-refractivity contribution is 1.58. The van der Waals surface area contributed by atoms with Crippen LogP contribution in [0.15, 0.2) is 46.7 Å². The highest BCUT2D eigenvalue weighted by molar-refractivity contribution is 6.60. The number of rotatable bonds is 0. The second-order valence-corrected chi connectivity index (χ2v) is 3.59. The van der Waals surface area contributed by atoms with Gasteiger partial charge in [0.05, 0.1) is 11.4 Å². The van der Waals surface area contributed by atoms with Gasteiger partial charge in [0.1, 0.15) is 0 Å². The molecular formula is C12H6N2O2-2. The Morgan fingerprint density at radius 2 is 1.25 bits per heavy atom. The Hall–Kier alpha value is -2.36. The molecule has 0 unspecified atom stereocenters. The van der Waals surface area contributed by atoms with Crippen LogP contribution >= 0.6 is 0 Å². The Labute approximate surface area is 91.1 Å². The van der Waals surface area contributed by atoms with Crippen LogP contribution in [0.1, 0.15) is 11.1 Å². The Bertz CT molecular complexity index is 592. The summed E-state index contributed by atoms with van der Waals surface area (Å²) >= 11 is 0. The third-order valence-electron chi connectivity index (χ3n) is 2.82. The van der Waals surface area contributed by atoms with E-state index < -0.39 is 0 Å². The first-order chi connectivity index (χ1) is 7.86.